The molecular weight excluding hydrogens is 492 g/mol. The normalized spacial score (nSPS) is 22.3. The number of aromatic nitrogens is 1. The predicted molar refractivity (Wildman–Crippen MR) is 148 cm³/mol. The van der Waals surface area contributed by atoms with Crippen molar-refractivity contribution in [3.63, 3.8) is 0 Å². The van der Waals surface area contributed by atoms with E-state index in [1.165, 1.54) is 11.8 Å². The molecule has 188 valence electrons. The van der Waals surface area contributed by atoms with Crippen LogP contribution in [0.2, 0.25) is 0 Å². The number of anilines is 1. The van der Waals surface area contributed by atoms with Crippen LogP contribution >= 0.6 is 24.0 Å². The van der Waals surface area contributed by atoms with E-state index in [0.29, 0.717) is 45.8 Å². The second kappa shape index (κ2) is 10.6. The maximum Gasteiger partial charge on any atom is 0.270 e. The molecule has 2 aliphatic rings. The lowest BCUT2D eigenvalue weighted by Crippen LogP contribution is -2.48. The summed E-state index contributed by atoms with van der Waals surface area (Å²) in [5, 5.41) is 9.81. The molecule has 7 nitrogen and oxygen atoms in total. The van der Waals surface area contributed by atoms with Crippen molar-refractivity contribution in [3.8, 4) is 6.07 Å². The van der Waals surface area contributed by atoms with Crippen molar-refractivity contribution >= 4 is 46.1 Å². The maximum absolute atomic E-state index is 13.6. The standard InChI is InChI=1S/C27H30N4O3S2/c1-6-30-24(29-14-16(2)34-17(3)15-29)21(18(4)22(13-28)25(30)32)12-23-26(33)31(27(35)36-23)19(5)20-10-8-7-9-11-20/h7-12,16-17,19H,6,14-15H2,1-5H3/b23-12-. The summed E-state index contributed by atoms with van der Waals surface area (Å²) in [5.74, 6) is 0.533. The molecule has 3 atom stereocenters. The van der Waals surface area contributed by atoms with Gasteiger partial charge in [0.25, 0.3) is 11.5 Å². The van der Waals surface area contributed by atoms with Crippen molar-refractivity contribution in [2.24, 2.45) is 0 Å². The van der Waals surface area contributed by atoms with Crippen LogP contribution in [0.1, 0.15) is 56.0 Å². The molecule has 4 rings (SSSR count). The molecule has 36 heavy (non-hydrogen) atoms. The van der Waals surface area contributed by atoms with E-state index in [9.17, 15) is 14.9 Å². The molecule has 2 aromatic rings. The largest absolute Gasteiger partial charge is 0.372 e. The van der Waals surface area contributed by atoms with Gasteiger partial charge in [0.05, 0.1) is 23.2 Å². The summed E-state index contributed by atoms with van der Waals surface area (Å²) in [4.78, 5) is 31.1. The number of morpholine rings is 1. The van der Waals surface area contributed by atoms with Gasteiger partial charge in [-0.3, -0.25) is 19.1 Å². The van der Waals surface area contributed by atoms with Crippen LogP contribution < -0.4 is 10.5 Å². The van der Waals surface area contributed by atoms with Gasteiger partial charge in [0.1, 0.15) is 21.8 Å². The Bertz CT molecular complexity index is 1320. The monoisotopic (exact) mass is 522 g/mol. The number of carbonyl (C=O) groups excluding carboxylic acids is 1. The minimum absolute atomic E-state index is 0.0251. The number of amides is 1. The second-order valence-corrected chi connectivity index (χ2v) is 10.9. The summed E-state index contributed by atoms with van der Waals surface area (Å²) in [6.07, 6.45) is 1.75. The molecule has 0 bridgehead atoms. The van der Waals surface area contributed by atoms with E-state index in [2.05, 4.69) is 11.0 Å². The summed E-state index contributed by atoms with van der Waals surface area (Å²) >= 11 is 6.87. The van der Waals surface area contributed by atoms with E-state index in [0.717, 1.165) is 5.56 Å². The Balaban J connectivity index is 1.85. The zero-order valence-electron chi connectivity index (χ0n) is 21.1. The fourth-order valence-corrected chi connectivity index (χ4v) is 6.35. The van der Waals surface area contributed by atoms with E-state index in [-0.39, 0.29) is 35.3 Å². The first-order chi connectivity index (χ1) is 17.2. The predicted octanol–water partition coefficient (Wildman–Crippen LogP) is 4.62. The van der Waals surface area contributed by atoms with Crippen molar-refractivity contribution < 1.29 is 9.53 Å². The van der Waals surface area contributed by atoms with Gasteiger partial charge in [-0.05, 0) is 51.8 Å². The Hall–Kier alpha value is -2.93. The molecule has 2 saturated heterocycles. The van der Waals surface area contributed by atoms with Gasteiger partial charge in [-0.25, -0.2) is 0 Å². The van der Waals surface area contributed by atoms with Crippen molar-refractivity contribution in [1.29, 1.82) is 5.26 Å². The molecule has 2 aliphatic heterocycles. The van der Waals surface area contributed by atoms with Gasteiger partial charge in [0.15, 0.2) is 0 Å². The van der Waals surface area contributed by atoms with E-state index in [1.807, 2.05) is 58.0 Å². The smallest absolute Gasteiger partial charge is 0.270 e. The summed E-state index contributed by atoms with van der Waals surface area (Å²) < 4.78 is 8.05. The third-order valence-corrected chi connectivity index (χ3v) is 7.98. The minimum Gasteiger partial charge on any atom is -0.372 e. The van der Waals surface area contributed by atoms with Crippen molar-refractivity contribution in [1.82, 2.24) is 9.47 Å². The van der Waals surface area contributed by atoms with Crippen LogP contribution in [-0.4, -0.2) is 45.0 Å². The number of ether oxygens (including phenoxy) is 1. The van der Waals surface area contributed by atoms with Gasteiger partial charge in [-0.2, -0.15) is 5.26 Å². The highest BCUT2D eigenvalue weighted by Crippen LogP contribution is 2.40. The lowest BCUT2D eigenvalue weighted by atomic mass is 10.0. The van der Waals surface area contributed by atoms with E-state index < -0.39 is 0 Å². The van der Waals surface area contributed by atoms with Gasteiger partial charge in [-0.15, -0.1) is 0 Å². The molecule has 3 heterocycles. The maximum atomic E-state index is 13.6. The molecule has 0 radical (unpaired) electrons. The van der Waals surface area contributed by atoms with Crippen LogP contribution in [0.25, 0.3) is 6.08 Å². The average molecular weight is 523 g/mol. The number of hydrogen-bond donors (Lipinski definition) is 0. The topological polar surface area (TPSA) is 78.6 Å². The lowest BCUT2D eigenvalue weighted by Gasteiger charge is -2.39. The molecular formula is C27H30N4O3S2. The summed E-state index contributed by atoms with van der Waals surface area (Å²) in [7, 11) is 0. The molecule has 1 amide bonds. The number of thiocarbonyl (C=S) groups is 1. The summed E-state index contributed by atoms with van der Waals surface area (Å²) in [5.41, 5.74) is 2.03. The number of rotatable bonds is 5. The first kappa shape index (κ1) is 26.1. The summed E-state index contributed by atoms with van der Waals surface area (Å²) in [6, 6.07) is 11.6. The summed E-state index contributed by atoms with van der Waals surface area (Å²) in [6.45, 7) is 11.2. The number of nitriles is 1. The van der Waals surface area contributed by atoms with E-state index >= 15 is 0 Å². The van der Waals surface area contributed by atoms with Gasteiger partial charge >= 0.3 is 0 Å². The Morgan fingerprint density at radius 3 is 2.44 bits per heavy atom. The van der Waals surface area contributed by atoms with E-state index in [4.69, 9.17) is 17.0 Å². The molecule has 1 aromatic carbocycles. The quantitative estimate of drug-likeness (QED) is 0.419. The minimum atomic E-state index is -0.318. The van der Waals surface area contributed by atoms with Crippen LogP contribution in [0.15, 0.2) is 40.0 Å². The van der Waals surface area contributed by atoms with Crippen LogP contribution in [0.5, 0.6) is 0 Å². The lowest BCUT2D eigenvalue weighted by molar-refractivity contribution is -0.123. The number of thioether (sulfide) groups is 1. The zero-order chi connectivity index (χ0) is 26.1. The SMILES string of the molecule is CCn1c(N2CC(C)OC(C)C2)c(/C=C2\SC(=S)N(C(C)c3ccccc3)C2=O)c(C)c(C#N)c1=O. The third kappa shape index (κ3) is 4.73. The first-order valence-corrected chi connectivity index (χ1v) is 13.3. The Labute approximate surface area is 221 Å². The average Bonchev–Trinajstić information content (AvgIpc) is 3.12. The Kier molecular flexibility index (Phi) is 7.69. The van der Waals surface area contributed by atoms with Crippen LogP contribution in [0.4, 0.5) is 5.82 Å². The second-order valence-electron chi connectivity index (χ2n) is 9.20. The number of pyridine rings is 1. The zero-order valence-corrected chi connectivity index (χ0v) is 22.8. The Morgan fingerprint density at radius 1 is 1.22 bits per heavy atom. The molecule has 0 N–H and O–H groups in total. The molecule has 3 unspecified atom stereocenters. The van der Waals surface area contributed by atoms with Gasteiger partial charge in [0.2, 0.25) is 0 Å². The molecule has 0 aliphatic carbocycles. The Morgan fingerprint density at radius 2 is 1.86 bits per heavy atom. The van der Waals surface area contributed by atoms with Crippen molar-refractivity contribution in [2.75, 3.05) is 18.0 Å². The number of benzene rings is 1. The highest BCUT2D eigenvalue weighted by molar-refractivity contribution is 8.26. The highest BCUT2D eigenvalue weighted by atomic mass is 32.2. The molecule has 2 fully saturated rings. The van der Waals surface area contributed by atoms with Gasteiger partial charge in [0, 0.05) is 25.2 Å². The highest BCUT2D eigenvalue weighted by Gasteiger charge is 2.37. The molecule has 0 saturated carbocycles. The van der Waals surface area contributed by atoms with Crippen molar-refractivity contribution in [2.45, 2.75) is 59.4 Å². The molecule has 9 heteroatoms. The van der Waals surface area contributed by atoms with E-state index in [1.54, 1.807) is 22.5 Å². The number of carbonyl (C=O) groups is 1. The van der Waals surface area contributed by atoms with Gasteiger partial charge in [-0.1, -0.05) is 54.3 Å². The molecule has 1 aromatic heterocycles. The number of hydrogen-bond acceptors (Lipinski definition) is 7. The fraction of sp³-hybridized carbons (Fsp3) is 0.407. The molecule has 0 spiro atoms. The van der Waals surface area contributed by atoms with Crippen LogP contribution in [0.3, 0.4) is 0 Å². The fourth-order valence-electron chi connectivity index (χ4n) is 4.95. The van der Waals surface area contributed by atoms with Crippen LogP contribution in [0, 0.1) is 18.3 Å². The number of nitrogens with zero attached hydrogens (tertiary/aromatic N) is 4. The van der Waals surface area contributed by atoms with Gasteiger partial charge < -0.3 is 9.64 Å². The van der Waals surface area contributed by atoms with Crippen LogP contribution in [-0.2, 0) is 16.1 Å². The first-order valence-electron chi connectivity index (χ1n) is 12.1. The van der Waals surface area contributed by atoms with Crippen molar-refractivity contribution in [3.05, 3.63) is 67.8 Å². The third-order valence-electron chi connectivity index (χ3n) is 6.65.